The molecule has 7 nitrogen and oxygen atoms in total. The Hall–Kier alpha value is -1.02. The van der Waals surface area contributed by atoms with E-state index in [0.717, 1.165) is 0 Å². The summed E-state index contributed by atoms with van der Waals surface area (Å²) in [7, 11) is 0. The maximum atomic E-state index is 8.86. The Morgan fingerprint density at radius 3 is 1.60 bits per heavy atom. The van der Waals surface area contributed by atoms with Crippen molar-refractivity contribution >= 4 is 11.8 Å². The topological polar surface area (TPSA) is 126 Å². The van der Waals surface area contributed by atoms with Gasteiger partial charge in [-0.15, -0.1) is 0 Å². The highest BCUT2D eigenvalue weighted by Gasteiger charge is 2.04. The molecule has 0 heterocycles. The van der Waals surface area contributed by atoms with Crippen LogP contribution >= 0.6 is 0 Å². The van der Waals surface area contributed by atoms with Crippen LogP contribution in [0, 0.1) is 0 Å². The number of aliphatic hydroxyl groups is 2. The van der Waals surface area contributed by atoms with Gasteiger partial charge in [-0.05, 0) is 0 Å². The van der Waals surface area contributed by atoms with Gasteiger partial charge in [0.15, 0.2) is 0 Å². The first kappa shape index (κ1) is 14.0. The second kappa shape index (κ2) is 9.53. The van der Waals surface area contributed by atoms with E-state index in [1.807, 2.05) is 0 Å². The van der Waals surface area contributed by atoms with Gasteiger partial charge in [0.1, 0.15) is 13.2 Å². The average Bonchev–Trinajstić information content (AvgIpc) is 2.28. The number of ether oxygens (including phenoxy) is 1. The van der Waals surface area contributed by atoms with Crippen LogP contribution in [0.4, 0.5) is 0 Å². The number of aliphatic hydroxyl groups excluding tert-OH is 2. The molecule has 6 N–H and O–H groups in total. The smallest absolute Gasteiger partial charge is 0.217 e. The van der Waals surface area contributed by atoms with Crippen molar-refractivity contribution in [2.75, 3.05) is 39.4 Å². The summed E-state index contributed by atoms with van der Waals surface area (Å²) in [4.78, 5) is 7.71. The fourth-order valence-corrected chi connectivity index (χ4v) is 0.744. The summed E-state index contributed by atoms with van der Waals surface area (Å²) in [6.07, 6.45) is 0. The summed E-state index contributed by atoms with van der Waals surface area (Å²) in [5, 5.41) is 17.7. The first-order chi connectivity index (χ1) is 7.28. The molecule has 0 fully saturated rings. The van der Waals surface area contributed by atoms with Gasteiger partial charge in [0.05, 0.1) is 13.1 Å². The van der Waals surface area contributed by atoms with Gasteiger partial charge >= 0.3 is 0 Å². The number of nitrogens with two attached hydrogens (primary N) is 2. The predicted octanol–water partition coefficient (Wildman–Crippen LogP) is -2.30. The molecule has 0 aromatic rings. The van der Waals surface area contributed by atoms with Crippen LogP contribution in [0.1, 0.15) is 0 Å². The Labute approximate surface area is 88.5 Å². The van der Waals surface area contributed by atoms with E-state index in [2.05, 4.69) is 9.98 Å². The Morgan fingerprint density at radius 1 is 0.933 bits per heavy atom. The molecule has 88 valence electrons. The molecule has 0 aliphatic carbocycles. The second-order valence-electron chi connectivity index (χ2n) is 2.55. The van der Waals surface area contributed by atoms with Gasteiger partial charge in [0.25, 0.3) is 0 Å². The van der Waals surface area contributed by atoms with E-state index in [9.17, 15) is 0 Å². The number of nitrogens with zero attached hydrogens (tertiary/aromatic N) is 2. The van der Waals surface area contributed by atoms with E-state index in [1.54, 1.807) is 0 Å². The molecule has 0 aliphatic heterocycles. The second-order valence-corrected chi connectivity index (χ2v) is 2.55. The zero-order valence-electron chi connectivity index (χ0n) is 8.59. The lowest BCUT2D eigenvalue weighted by Gasteiger charge is -2.07. The molecule has 0 aromatic heterocycles. The first-order valence-corrected chi connectivity index (χ1v) is 4.64. The molecule has 0 rings (SSSR count). The maximum absolute atomic E-state index is 8.86. The van der Waals surface area contributed by atoms with Crippen molar-refractivity contribution in [3.05, 3.63) is 0 Å². The van der Waals surface area contributed by atoms with Crippen molar-refractivity contribution in [2.24, 2.45) is 21.5 Å². The van der Waals surface area contributed by atoms with E-state index in [0.29, 0.717) is 26.2 Å². The molecule has 0 spiro atoms. The van der Waals surface area contributed by atoms with Crippen LogP contribution in [-0.2, 0) is 4.74 Å². The van der Waals surface area contributed by atoms with Crippen LogP contribution in [-0.4, -0.2) is 61.4 Å². The number of hydrogen-bond donors (Lipinski definition) is 4. The Morgan fingerprint density at radius 2 is 1.33 bits per heavy atom. The summed E-state index contributed by atoms with van der Waals surface area (Å²) in [6, 6.07) is 0. The lowest BCUT2D eigenvalue weighted by molar-refractivity contribution is 0.301. The number of rotatable bonds is 6. The molecular weight excluding hydrogens is 200 g/mol. The van der Waals surface area contributed by atoms with Gasteiger partial charge in [0, 0.05) is 13.1 Å². The summed E-state index contributed by atoms with van der Waals surface area (Å²) in [5.74, 6) is 0.176. The highest BCUT2D eigenvalue weighted by atomic mass is 16.5. The van der Waals surface area contributed by atoms with E-state index in [-0.39, 0.29) is 25.0 Å². The van der Waals surface area contributed by atoms with Gasteiger partial charge in [0.2, 0.25) is 11.8 Å². The standard InChI is InChI=1S/C8H18N4O3/c9-1-3-11-7(5-13)15-8(6-14)12-4-2-10/h13-14H,1-6,9-10H2. The van der Waals surface area contributed by atoms with Gasteiger partial charge in [-0.2, -0.15) is 0 Å². The van der Waals surface area contributed by atoms with E-state index >= 15 is 0 Å². The van der Waals surface area contributed by atoms with Crippen molar-refractivity contribution in [1.29, 1.82) is 0 Å². The third-order valence-corrected chi connectivity index (χ3v) is 1.34. The molecule has 0 aromatic carbocycles. The van der Waals surface area contributed by atoms with Crippen LogP contribution in [0.15, 0.2) is 9.98 Å². The lowest BCUT2D eigenvalue weighted by atomic mass is 10.6. The fraction of sp³-hybridized carbons (Fsp3) is 0.750. The van der Waals surface area contributed by atoms with Crippen LogP contribution in [0.25, 0.3) is 0 Å². The lowest BCUT2D eigenvalue weighted by Crippen LogP contribution is -2.21. The zero-order valence-corrected chi connectivity index (χ0v) is 8.59. The molecule has 15 heavy (non-hydrogen) atoms. The Kier molecular flexibility index (Phi) is 8.88. The minimum Gasteiger partial charge on any atom is -0.424 e. The van der Waals surface area contributed by atoms with Crippen molar-refractivity contribution in [3.63, 3.8) is 0 Å². The zero-order chi connectivity index (χ0) is 11.5. The highest BCUT2D eigenvalue weighted by molar-refractivity contribution is 5.92. The van der Waals surface area contributed by atoms with Crippen molar-refractivity contribution in [3.8, 4) is 0 Å². The van der Waals surface area contributed by atoms with E-state index in [1.165, 1.54) is 0 Å². The van der Waals surface area contributed by atoms with Crippen LogP contribution in [0.5, 0.6) is 0 Å². The largest absolute Gasteiger partial charge is 0.424 e. The monoisotopic (exact) mass is 218 g/mol. The molecule has 0 saturated heterocycles. The first-order valence-electron chi connectivity index (χ1n) is 4.64. The molecule has 0 atom stereocenters. The molecule has 0 bridgehead atoms. The Bertz CT molecular complexity index is 196. The molecule has 0 amide bonds. The third kappa shape index (κ3) is 6.97. The molecule has 0 unspecified atom stereocenters. The summed E-state index contributed by atoms with van der Waals surface area (Å²) < 4.78 is 5.04. The van der Waals surface area contributed by atoms with Gasteiger partial charge in [-0.25, -0.2) is 0 Å². The van der Waals surface area contributed by atoms with Crippen LogP contribution in [0.2, 0.25) is 0 Å². The predicted molar refractivity (Wildman–Crippen MR) is 58.0 cm³/mol. The quantitative estimate of drug-likeness (QED) is 0.294. The molecule has 0 radical (unpaired) electrons. The van der Waals surface area contributed by atoms with Crippen LogP contribution in [0.3, 0.4) is 0 Å². The highest BCUT2D eigenvalue weighted by Crippen LogP contribution is 1.88. The summed E-state index contributed by atoms with van der Waals surface area (Å²) in [5.41, 5.74) is 10.5. The molecule has 0 saturated carbocycles. The molecule has 7 heteroatoms. The van der Waals surface area contributed by atoms with E-state index < -0.39 is 0 Å². The van der Waals surface area contributed by atoms with Crippen molar-refractivity contribution in [1.82, 2.24) is 0 Å². The minimum absolute atomic E-state index is 0.0882. The number of aliphatic imine (C=N–C) groups is 2. The molecular formula is C8H18N4O3. The SMILES string of the molecule is NCCN=C(CO)OC(CO)=NCCN. The number of hydrogen-bond acceptors (Lipinski definition) is 7. The minimum atomic E-state index is -0.359. The van der Waals surface area contributed by atoms with Crippen LogP contribution < -0.4 is 11.5 Å². The average molecular weight is 218 g/mol. The van der Waals surface area contributed by atoms with Crippen molar-refractivity contribution < 1.29 is 14.9 Å². The molecule has 0 aliphatic rings. The third-order valence-electron chi connectivity index (χ3n) is 1.34. The maximum Gasteiger partial charge on any atom is 0.217 e. The normalized spacial score (nSPS) is 13.1. The van der Waals surface area contributed by atoms with Gasteiger partial charge < -0.3 is 26.4 Å². The van der Waals surface area contributed by atoms with Crippen molar-refractivity contribution in [2.45, 2.75) is 0 Å². The van der Waals surface area contributed by atoms with E-state index in [4.69, 9.17) is 26.4 Å². The summed E-state index contributed by atoms with van der Waals surface area (Å²) in [6.45, 7) is 0.711. The Balaban J connectivity index is 4.23. The fourth-order valence-electron chi connectivity index (χ4n) is 0.744. The summed E-state index contributed by atoms with van der Waals surface area (Å²) >= 11 is 0. The van der Waals surface area contributed by atoms with Gasteiger partial charge in [-0.1, -0.05) is 0 Å². The van der Waals surface area contributed by atoms with Gasteiger partial charge in [-0.3, -0.25) is 9.98 Å².